The van der Waals surface area contributed by atoms with Crippen LogP contribution in [0.2, 0.25) is 0 Å². The molecular weight excluding hydrogens is 352 g/mol. The Morgan fingerprint density at radius 2 is 1.73 bits per heavy atom. The summed E-state index contributed by atoms with van der Waals surface area (Å²) in [5.74, 6) is 0.181. The Morgan fingerprint density at radius 1 is 1.08 bits per heavy atom. The van der Waals surface area contributed by atoms with E-state index in [1.54, 1.807) is 36.0 Å². The van der Waals surface area contributed by atoms with Crippen LogP contribution in [0.1, 0.15) is 31.2 Å². The van der Waals surface area contributed by atoms with E-state index in [0.717, 1.165) is 10.5 Å². The second-order valence-electron chi connectivity index (χ2n) is 5.63. The Bertz CT molecular complexity index is 847. The number of esters is 1. The Hall–Kier alpha value is -2.80. The van der Waals surface area contributed by atoms with Crippen molar-refractivity contribution in [1.29, 1.82) is 0 Å². The minimum Gasteiger partial charge on any atom is -0.446 e. The van der Waals surface area contributed by atoms with Gasteiger partial charge in [-0.2, -0.15) is 5.01 Å². The highest BCUT2D eigenvalue weighted by Gasteiger charge is 2.33. The number of benzene rings is 2. The first-order chi connectivity index (χ1) is 12.5. The number of rotatable bonds is 4. The van der Waals surface area contributed by atoms with Gasteiger partial charge in [-0.05, 0) is 42.7 Å². The summed E-state index contributed by atoms with van der Waals surface area (Å²) in [5, 5.41) is 5.64. The second kappa shape index (κ2) is 7.61. The van der Waals surface area contributed by atoms with Gasteiger partial charge in [0.05, 0.1) is 0 Å². The number of hydrazone groups is 1. The lowest BCUT2D eigenvalue weighted by atomic mass is 10.2. The molecule has 6 nitrogen and oxygen atoms in total. The molecule has 1 aliphatic rings. The van der Waals surface area contributed by atoms with Crippen LogP contribution in [0.3, 0.4) is 0 Å². The number of nitrogens with zero attached hydrogens (tertiary/aromatic N) is 2. The Balaban J connectivity index is 1.84. The monoisotopic (exact) mass is 370 g/mol. The van der Waals surface area contributed by atoms with Crippen molar-refractivity contribution in [3.05, 3.63) is 59.7 Å². The highest BCUT2D eigenvalue weighted by atomic mass is 32.2. The van der Waals surface area contributed by atoms with Gasteiger partial charge in [0, 0.05) is 29.9 Å². The molecule has 0 saturated heterocycles. The van der Waals surface area contributed by atoms with Gasteiger partial charge >= 0.3 is 5.97 Å². The van der Waals surface area contributed by atoms with Gasteiger partial charge in [-0.15, -0.1) is 16.9 Å². The van der Waals surface area contributed by atoms with Crippen LogP contribution in [0, 0.1) is 0 Å². The molecule has 0 unspecified atom stereocenters. The average Bonchev–Trinajstić information content (AvgIpc) is 3.07. The summed E-state index contributed by atoms with van der Waals surface area (Å²) < 4.78 is 11.0. The molecule has 0 N–H and O–H groups in total. The average molecular weight is 370 g/mol. The minimum absolute atomic E-state index is 0.213. The molecule has 2 aromatic carbocycles. The largest absolute Gasteiger partial charge is 0.446 e. The molecule has 0 aliphatic carbocycles. The summed E-state index contributed by atoms with van der Waals surface area (Å²) in [5.41, 5.74) is 1.53. The minimum atomic E-state index is -0.605. The molecule has 1 amide bonds. The smallest absolute Gasteiger partial charge is 0.308 e. The number of amides is 1. The van der Waals surface area contributed by atoms with E-state index >= 15 is 0 Å². The summed E-state index contributed by atoms with van der Waals surface area (Å²) in [7, 11) is 0. The Morgan fingerprint density at radius 3 is 2.27 bits per heavy atom. The normalized spacial score (nSPS) is 16.0. The van der Waals surface area contributed by atoms with E-state index in [9.17, 15) is 9.59 Å². The maximum Gasteiger partial charge on any atom is 0.308 e. The molecule has 26 heavy (non-hydrogen) atoms. The molecule has 0 fully saturated rings. The summed E-state index contributed by atoms with van der Waals surface area (Å²) in [6.07, 6.45) is 1.40. The Labute approximate surface area is 155 Å². The number of hydrogen-bond donors (Lipinski definition) is 0. The quantitative estimate of drug-likeness (QED) is 0.467. The van der Waals surface area contributed by atoms with E-state index in [1.807, 2.05) is 30.5 Å². The lowest BCUT2D eigenvalue weighted by molar-refractivity contribution is -0.135. The molecule has 1 atom stereocenters. The molecule has 0 aromatic heterocycles. The Kier molecular flexibility index (Phi) is 5.27. The number of hydrogen-bond acceptors (Lipinski definition) is 6. The van der Waals surface area contributed by atoms with Crippen molar-refractivity contribution in [3.63, 3.8) is 0 Å². The molecule has 1 aliphatic heterocycles. The van der Waals surface area contributed by atoms with Crippen LogP contribution in [-0.2, 0) is 14.3 Å². The summed E-state index contributed by atoms with van der Waals surface area (Å²) in [6, 6.07) is 14.6. The van der Waals surface area contributed by atoms with Crippen LogP contribution in [0.5, 0.6) is 5.75 Å². The SMILES string of the molecule is CSc1ccc([C@H]2OC(c3ccc(OC(C)=O)cc3)=NN2C(C)=O)cc1. The van der Waals surface area contributed by atoms with Crippen LogP contribution in [-0.4, -0.2) is 29.0 Å². The van der Waals surface area contributed by atoms with Crippen molar-refractivity contribution in [1.82, 2.24) is 5.01 Å². The van der Waals surface area contributed by atoms with Crippen LogP contribution in [0.4, 0.5) is 0 Å². The maximum atomic E-state index is 12.0. The number of ether oxygens (including phenoxy) is 2. The van der Waals surface area contributed by atoms with Crippen LogP contribution in [0.25, 0.3) is 0 Å². The summed E-state index contributed by atoms with van der Waals surface area (Å²) >= 11 is 1.64. The lowest BCUT2D eigenvalue weighted by Gasteiger charge is -2.19. The topological polar surface area (TPSA) is 68.2 Å². The summed E-state index contributed by atoms with van der Waals surface area (Å²) in [4.78, 5) is 24.1. The molecule has 134 valence electrons. The standard InChI is InChI=1S/C19H18N2O4S/c1-12(22)21-19(15-6-10-17(26-3)11-7-15)25-18(20-21)14-4-8-16(9-5-14)24-13(2)23/h4-11,19H,1-3H3/t19-/m1/s1. The predicted molar refractivity (Wildman–Crippen MR) is 98.9 cm³/mol. The van der Waals surface area contributed by atoms with E-state index < -0.39 is 6.23 Å². The predicted octanol–water partition coefficient (Wildman–Crippen LogP) is 3.57. The first kappa shape index (κ1) is 18.0. The molecule has 0 bridgehead atoms. The third kappa shape index (κ3) is 3.88. The maximum absolute atomic E-state index is 12.0. The number of carbonyl (C=O) groups excluding carboxylic acids is 2. The molecule has 7 heteroatoms. The number of thioether (sulfide) groups is 1. The third-order valence-electron chi connectivity index (χ3n) is 3.73. The van der Waals surface area contributed by atoms with Gasteiger partial charge in [0.2, 0.25) is 18.0 Å². The van der Waals surface area contributed by atoms with Gasteiger partial charge in [0.1, 0.15) is 5.75 Å². The highest BCUT2D eigenvalue weighted by molar-refractivity contribution is 7.98. The molecule has 3 rings (SSSR count). The number of carbonyl (C=O) groups is 2. The first-order valence-electron chi connectivity index (χ1n) is 7.96. The van der Waals surface area contributed by atoms with Crippen molar-refractivity contribution in [2.75, 3.05) is 6.26 Å². The summed E-state index contributed by atoms with van der Waals surface area (Å²) in [6.45, 7) is 2.79. The van der Waals surface area contributed by atoms with Gasteiger partial charge in [-0.3, -0.25) is 9.59 Å². The van der Waals surface area contributed by atoms with E-state index in [0.29, 0.717) is 17.2 Å². The molecule has 0 saturated carbocycles. The fraction of sp³-hybridized carbons (Fsp3) is 0.211. The van der Waals surface area contributed by atoms with Crippen molar-refractivity contribution in [3.8, 4) is 5.75 Å². The van der Waals surface area contributed by atoms with Gasteiger partial charge < -0.3 is 9.47 Å². The van der Waals surface area contributed by atoms with Crippen LogP contribution in [0.15, 0.2) is 58.5 Å². The lowest BCUT2D eigenvalue weighted by Crippen LogP contribution is -2.25. The van der Waals surface area contributed by atoms with E-state index in [4.69, 9.17) is 9.47 Å². The van der Waals surface area contributed by atoms with Crippen molar-refractivity contribution < 1.29 is 19.1 Å². The molecular formula is C19H18N2O4S. The molecule has 1 heterocycles. The van der Waals surface area contributed by atoms with Gasteiger partial charge in [-0.1, -0.05) is 12.1 Å². The van der Waals surface area contributed by atoms with E-state index in [2.05, 4.69) is 5.10 Å². The van der Waals surface area contributed by atoms with E-state index in [1.165, 1.54) is 18.9 Å². The van der Waals surface area contributed by atoms with E-state index in [-0.39, 0.29) is 11.9 Å². The van der Waals surface area contributed by atoms with Crippen molar-refractivity contribution >= 4 is 29.5 Å². The van der Waals surface area contributed by atoms with Crippen molar-refractivity contribution in [2.24, 2.45) is 5.10 Å². The zero-order valence-corrected chi connectivity index (χ0v) is 15.4. The zero-order valence-electron chi connectivity index (χ0n) is 14.6. The second-order valence-corrected chi connectivity index (χ2v) is 6.51. The molecule has 0 radical (unpaired) electrons. The zero-order chi connectivity index (χ0) is 18.7. The molecule has 0 spiro atoms. The van der Waals surface area contributed by atoms with Gasteiger partial charge in [0.25, 0.3) is 0 Å². The molecule has 2 aromatic rings. The van der Waals surface area contributed by atoms with Crippen LogP contribution < -0.4 is 4.74 Å². The fourth-order valence-corrected chi connectivity index (χ4v) is 2.91. The highest BCUT2D eigenvalue weighted by Crippen LogP contribution is 2.31. The van der Waals surface area contributed by atoms with Crippen LogP contribution >= 0.6 is 11.8 Å². The van der Waals surface area contributed by atoms with Gasteiger partial charge in [0.15, 0.2) is 0 Å². The van der Waals surface area contributed by atoms with Gasteiger partial charge in [-0.25, -0.2) is 0 Å². The van der Waals surface area contributed by atoms with Crippen molar-refractivity contribution in [2.45, 2.75) is 25.0 Å². The first-order valence-corrected chi connectivity index (χ1v) is 9.18. The fourth-order valence-electron chi connectivity index (χ4n) is 2.50. The third-order valence-corrected chi connectivity index (χ3v) is 4.47.